The largest absolute Gasteiger partial charge is 0.281 e. The second kappa shape index (κ2) is 7.32. The fourth-order valence-electron chi connectivity index (χ4n) is 2.32. The number of hydrogen-bond donors (Lipinski definition) is 1. The molecule has 2 aromatic rings. The van der Waals surface area contributed by atoms with Gasteiger partial charge in [0, 0.05) is 0 Å². The van der Waals surface area contributed by atoms with Gasteiger partial charge in [-0.1, -0.05) is 60.4 Å². The molecule has 1 saturated heterocycles. The Kier molecular flexibility index (Phi) is 5.29. The minimum absolute atomic E-state index is 0.0622. The molecule has 0 spiro atoms. The van der Waals surface area contributed by atoms with Gasteiger partial charge >= 0.3 is 0 Å². The van der Waals surface area contributed by atoms with Crippen molar-refractivity contribution in [2.75, 3.05) is 0 Å². The average Bonchev–Trinajstić information content (AvgIpc) is 2.86. The molecule has 1 heterocycles. The van der Waals surface area contributed by atoms with Crippen molar-refractivity contribution >= 4 is 50.3 Å². The SMILES string of the molecule is Cc1ccc(/C=C2/SC(=S)N(NS(=O)(=O)c3ccccc3)C2=O)cc1C. The smallest absolute Gasteiger partial charge is 0.267 e. The Bertz CT molecular complexity index is 1020. The Balaban J connectivity index is 1.85. The summed E-state index contributed by atoms with van der Waals surface area (Å²) < 4.78 is 25.0. The highest BCUT2D eigenvalue weighted by molar-refractivity contribution is 8.26. The number of benzene rings is 2. The minimum atomic E-state index is -3.89. The molecule has 0 radical (unpaired) electrons. The number of hydrogen-bond acceptors (Lipinski definition) is 5. The lowest BCUT2D eigenvalue weighted by atomic mass is 10.1. The number of nitrogens with zero attached hydrogens (tertiary/aromatic N) is 1. The molecule has 0 aromatic heterocycles. The van der Waals surface area contributed by atoms with E-state index in [1.807, 2.05) is 32.0 Å². The van der Waals surface area contributed by atoms with Gasteiger partial charge in [-0.15, -0.1) is 4.83 Å². The van der Waals surface area contributed by atoms with Crippen LogP contribution in [0.2, 0.25) is 0 Å². The van der Waals surface area contributed by atoms with E-state index in [1.165, 1.54) is 12.1 Å². The summed E-state index contributed by atoms with van der Waals surface area (Å²) in [5.74, 6) is -0.488. The molecule has 1 aliphatic rings. The zero-order chi connectivity index (χ0) is 18.9. The van der Waals surface area contributed by atoms with E-state index in [1.54, 1.807) is 24.3 Å². The van der Waals surface area contributed by atoms with E-state index in [0.29, 0.717) is 4.91 Å². The van der Waals surface area contributed by atoms with Crippen LogP contribution in [0.25, 0.3) is 6.08 Å². The normalized spacial score (nSPS) is 16.5. The van der Waals surface area contributed by atoms with Crippen LogP contribution in [0.5, 0.6) is 0 Å². The number of carbonyl (C=O) groups is 1. The predicted molar refractivity (Wildman–Crippen MR) is 108 cm³/mol. The first-order valence-electron chi connectivity index (χ1n) is 7.70. The molecule has 3 rings (SSSR count). The highest BCUT2D eigenvalue weighted by Gasteiger charge is 2.35. The van der Waals surface area contributed by atoms with Crippen molar-refractivity contribution in [1.82, 2.24) is 9.84 Å². The van der Waals surface area contributed by atoms with Crippen LogP contribution >= 0.6 is 24.0 Å². The van der Waals surface area contributed by atoms with Crippen molar-refractivity contribution in [1.29, 1.82) is 0 Å². The van der Waals surface area contributed by atoms with E-state index < -0.39 is 15.9 Å². The second-order valence-electron chi connectivity index (χ2n) is 5.77. The van der Waals surface area contributed by atoms with Gasteiger partial charge in [0.05, 0.1) is 9.80 Å². The van der Waals surface area contributed by atoms with Crippen molar-refractivity contribution in [2.45, 2.75) is 18.7 Å². The summed E-state index contributed by atoms with van der Waals surface area (Å²) in [7, 11) is -3.89. The summed E-state index contributed by atoms with van der Waals surface area (Å²) in [6.07, 6.45) is 1.71. The molecule has 0 bridgehead atoms. The van der Waals surface area contributed by atoms with Gasteiger partial charge in [0.1, 0.15) is 0 Å². The number of rotatable bonds is 4. The molecule has 134 valence electrons. The number of hydrazine groups is 1. The van der Waals surface area contributed by atoms with Crippen LogP contribution in [0.15, 0.2) is 58.3 Å². The minimum Gasteiger partial charge on any atom is -0.267 e. The summed E-state index contributed by atoms with van der Waals surface area (Å²) in [4.78, 5) is 15.3. The van der Waals surface area contributed by atoms with Crippen LogP contribution in [0.3, 0.4) is 0 Å². The molecule has 2 aromatic carbocycles. The highest BCUT2D eigenvalue weighted by atomic mass is 32.2. The lowest BCUT2D eigenvalue weighted by Crippen LogP contribution is -2.44. The van der Waals surface area contributed by atoms with Gasteiger partial charge in [0.15, 0.2) is 4.32 Å². The lowest BCUT2D eigenvalue weighted by Gasteiger charge is -2.15. The van der Waals surface area contributed by atoms with Crippen molar-refractivity contribution < 1.29 is 13.2 Å². The first kappa shape index (κ1) is 18.8. The third kappa shape index (κ3) is 3.88. The third-order valence-electron chi connectivity index (χ3n) is 3.89. The first-order chi connectivity index (χ1) is 12.3. The number of thioether (sulfide) groups is 1. The van der Waals surface area contributed by atoms with Crippen LogP contribution in [-0.2, 0) is 14.8 Å². The maximum Gasteiger partial charge on any atom is 0.281 e. The average molecular weight is 405 g/mol. The molecule has 8 heteroatoms. The topological polar surface area (TPSA) is 66.5 Å². The molecule has 0 aliphatic carbocycles. The molecule has 1 aliphatic heterocycles. The molecular weight excluding hydrogens is 388 g/mol. The van der Waals surface area contributed by atoms with Gasteiger partial charge < -0.3 is 0 Å². The number of thiocarbonyl (C=S) groups is 1. The van der Waals surface area contributed by atoms with Crippen molar-refractivity contribution in [3.05, 3.63) is 70.1 Å². The predicted octanol–water partition coefficient (Wildman–Crippen LogP) is 3.40. The molecule has 26 heavy (non-hydrogen) atoms. The molecule has 1 amide bonds. The third-order valence-corrected chi connectivity index (χ3v) is 6.51. The number of carbonyl (C=O) groups excluding carboxylic acids is 1. The zero-order valence-electron chi connectivity index (χ0n) is 14.1. The highest BCUT2D eigenvalue weighted by Crippen LogP contribution is 2.32. The first-order valence-corrected chi connectivity index (χ1v) is 10.4. The summed E-state index contributed by atoms with van der Waals surface area (Å²) >= 11 is 6.24. The van der Waals surface area contributed by atoms with E-state index in [9.17, 15) is 13.2 Å². The fraction of sp³-hybridized carbons (Fsp3) is 0.111. The Morgan fingerprint density at radius 3 is 2.42 bits per heavy atom. The number of aryl methyl sites for hydroxylation is 2. The van der Waals surface area contributed by atoms with Crippen molar-refractivity contribution in [3.8, 4) is 0 Å². The van der Waals surface area contributed by atoms with Crippen LogP contribution in [-0.4, -0.2) is 23.7 Å². The molecular formula is C18H16N2O3S3. The van der Waals surface area contributed by atoms with Crippen molar-refractivity contribution in [2.24, 2.45) is 0 Å². The van der Waals surface area contributed by atoms with Crippen molar-refractivity contribution in [3.63, 3.8) is 0 Å². The van der Waals surface area contributed by atoms with Gasteiger partial charge in [0.2, 0.25) is 0 Å². The van der Waals surface area contributed by atoms with Crippen LogP contribution in [0.4, 0.5) is 0 Å². The van der Waals surface area contributed by atoms with Gasteiger partial charge in [-0.3, -0.25) is 4.79 Å². The monoisotopic (exact) mass is 404 g/mol. The number of nitrogens with one attached hydrogen (secondary N) is 1. The quantitative estimate of drug-likeness (QED) is 0.625. The van der Waals surface area contributed by atoms with E-state index >= 15 is 0 Å². The molecule has 1 N–H and O–H groups in total. The summed E-state index contributed by atoms with van der Waals surface area (Å²) in [5, 5.41) is 0.898. The van der Waals surface area contributed by atoms with E-state index in [0.717, 1.165) is 33.5 Å². The van der Waals surface area contributed by atoms with Gasteiger partial charge in [-0.25, -0.2) is 13.4 Å². The summed E-state index contributed by atoms with van der Waals surface area (Å²) in [6, 6.07) is 13.7. The second-order valence-corrected chi connectivity index (χ2v) is 9.11. The Hall–Kier alpha value is -2.00. The van der Waals surface area contributed by atoms with Gasteiger partial charge in [0.25, 0.3) is 15.9 Å². The zero-order valence-corrected chi connectivity index (χ0v) is 16.5. The Morgan fingerprint density at radius 2 is 1.77 bits per heavy atom. The maximum atomic E-state index is 12.6. The number of sulfonamides is 1. The van der Waals surface area contributed by atoms with Crippen LogP contribution < -0.4 is 4.83 Å². The maximum absolute atomic E-state index is 12.6. The molecule has 1 fully saturated rings. The number of amides is 1. The summed E-state index contributed by atoms with van der Waals surface area (Å²) in [5.41, 5.74) is 3.13. The Morgan fingerprint density at radius 1 is 1.08 bits per heavy atom. The van der Waals surface area contributed by atoms with Crippen LogP contribution in [0.1, 0.15) is 16.7 Å². The Labute approximate surface area is 162 Å². The molecule has 5 nitrogen and oxygen atoms in total. The standard InChI is InChI=1S/C18H16N2O3S3/c1-12-8-9-14(10-13(12)2)11-16-17(21)20(18(24)25-16)19-26(22,23)15-6-4-3-5-7-15/h3-11,19H,1-2H3/b16-11+. The van der Waals surface area contributed by atoms with Gasteiger partial charge in [-0.05, 0) is 48.7 Å². The molecule has 0 saturated carbocycles. The summed E-state index contributed by atoms with van der Waals surface area (Å²) in [6.45, 7) is 4.00. The van der Waals surface area contributed by atoms with Crippen LogP contribution in [0, 0.1) is 13.8 Å². The molecule has 0 atom stereocenters. The fourth-order valence-corrected chi connectivity index (χ4v) is 4.66. The van der Waals surface area contributed by atoms with Gasteiger partial charge in [-0.2, -0.15) is 0 Å². The van der Waals surface area contributed by atoms with E-state index in [-0.39, 0.29) is 9.22 Å². The van der Waals surface area contributed by atoms with E-state index in [2.05, 4.69) is 4.83 Å². The molecule has 0 unspecified atom stereocenters. The lowest BCUT2D eigenvalue weighted by molar-refractivity contribution is -0.123. The van der Waals surface area contributed by atoms with E-state index in [4.69, 9.17) is 12.2 Å².